The smallest absolute Gasteiger partial charge is 0.203 e. The highest BCUT2D eigenvalue weighted by atomic mass is 16.6. The van der Waals surface area contributed by atoms with Gasteiger partial charge in [-0.25, -0.2) is 0 Å². The number of nitrogens with two attached hydrogens (primary N) is 1. The van der Waals surface area contributed by atoms with E-state index in [0.717, 1.165) is 5.56 Å². The third-order valence-corrected chi connectivity index (χ3v) is 4.44. The van der Waals surface area contributed by atoms with E-state index < -0.39 is 0 Å². The molecule has 0 amide bonds. The second kappa shape index (κ2) is 8.69. The summed E-state index contributed by atoms with van der Waals surface area (Å²) in [5.74, 6) is 2.24. The number of benzene rings is 2. The van der Waals surface area contributed by atoms with E-state index in [4.69, 9.17) is 24.7 Å². The standard InChI is InChI=1S/C22H25NO5/c1-4-15(21(24)16-6-7-17(23)18(13-16)26-5-2)10-14-11-19(25-3)22-20(12-14)27-8-9-28-22/h6-7,10-13H,4-5,8-9,23H2,1-3H3/b15-10+. The zero-order valence-corrected chi connectivity index (χ0v) is 16.4. The lowest BCUT2D eigenvalue weighted by Gasteiger charge is -2.21. The number of methoxy groups -OCH3 is 1. The summed E-state index contributed by atoms with van der Waals surface area (Å²) in [7, 11) is 1.58. The van der Waals surface area contributed by atoms with E-state index in [1.165, 1.54) is 0 Å². The highest BCUT2D eigenvalue weighted by Gasteiger charge is 2.19. The first-order chi connectivity index (χ1) is 13.6. The summed E-state index contributed by atoms with van der Waals surface area (Å²) in [5.41, 5.74) is 8.43. The fourth-order valence-corrected chi connectivity index (χ4v) is 3.05. The number of ketones is 1. The zero-order valence-electron chi connectivity index (χ0n) is 16.4. The highest BCUT2D eigenvalue weighted by molar-refractivity contribution is 6.11. The summed E-state index contributed by atoms with van der Waals surface area (Å²) in [5, 5.41) is 0. The van der Waals surface area contributed by atoms with Crippen LogP contribution in [0.1, 0.15) is 36.2 Å². The van der Waals surface area contributed by atoms with Crippen molar-refractivity contribution in [2.45, 2.75) is 20.3 Å². The number of rotatable bonds is 7. The van der Waals surface area contributed by atoms with E-state index in [1.807, 2.05) is 32.1 Å². The number of hydrogen-bond donors (Lipinski definition) is 1. The van der Waals surface area contributed by atoms with Crippen molar-refractivity contribution < 1.29 is 23.7 Å². The molecule has 0 unspecified atom stereocenters. The van der Waals surface area contributed by atoms with Gasteiger partial charge in [0, 0.05) is 11.1 Å². The maximum atomic E-state index is 13.0. The molecule has 6 heteroatoms. The highest BCUT2D eigenvalue weighted by Crippen LogP contribution is 2.41. The van der Waals surface area contributed by atoms with Crippen LogP contribution in [-0.4, -0.2) is 32.7 Å². The maximum absolute atomic E-state index is 13.0. The van der Waals surface area contributed by atoms with E-state index in [1.54, 1.807) is 25.3 Å². The number of hydrogen-bond acceptors (Lipinski definition) is 6. The van der Waals surface area contributed by atoms with E-state index in [9.17, 15) is 4.79 Å². The molecule has 1 aliphatic rings. The Hall–Kier alpha value is -3.15. The molecular weight excluding hydrogens is 358 g/mol. The van der Waals surface area contributed by atoms with Crippen LogP contribution in [0.15, 0.2) is 35.9 Å². The predicted octanol–water partition coefficient (Wildman–Crippen LogP) is 4.12. The summed E-state index contributed by atoms with van der Waals surface area (Å²) in [6, 6.07) is 8.79. The Morgan fingerprint density at radius 3 is 2.64 bits per heavy atom. The number of fused-ring (bicyclic) bond motifs is 1. The summed E-state index contributed by atoms with van der Waals surface area (Å²) in [4.78, 5) is 13.0. The third-order valence-electron chi connectivity index (χ3n) is 4.44. The van der Waals surface area contributed by atoms with Crippen LogP contribution < -0.4 is 24.7 Å². The van der Waals surface area contributed by atoms with E-state index in [-0.39, 0.29) is 5.78 Å². The molecule has 28 heavy (non-hydrogen) atoms. The molecule has 148 valence electrons. The Balaban J connectivity index is 1.96. The Morgan fingerprint density at radius 1 is 1.14 bits per heavy atom. The van der Waals surface area contributed by atoms with Gasteiger partial charge in [-0.3, -0.25) is 4.79 Å². The normalized spacial score (nSPS) is 13.2. The van der Waals surface area contributed by atoms with Gasteiger partial charge in [-0.2, -0.15) is 0 Å². The molecule has 0 radical (unpaired) electrons. The first-order valence-electron chi connectivity index (χ1n) is 9.32. The molecular formula is C22H25NO5. The number of carbonyl (C=O) groups is 1. The van der Waals surface area contributed by atoms with Crippen LogP contribution in [-0.2, 0) is 0 Å². The molecule has 1 heterocycles. The second-order valence-electron chi connectivity index (χ2n) is 6.29. The van der Waals surface area contributed by atoms with Crippen LogP contribution in [0, 0.1) is 0 Å². The molecule has 0 saturated heterocycles. The van der Waals surface area contributed by atoms with E-state index in [2.05, 4.69) is 0 Å². The van der Waals surface area contributed by atoms with Crippen LogP contribution in [0.2, 0.25) is 0 Å². The van der Waals surface area contributed by atoms with Crippen molar-refractivity contribution in [1.82, 2.24) is 0 Å². The molecule has 0 spiro atoms. The molecule has 2 aromatic rings. The minimum absolute atomic E-state index is 0.0719. The molecule has 0 atom stereocenters. The van der Waals surface area contributed by atoms with Crippen LogP contribution in [0.25, 0.3) is 6.08 Å². The van der Waals surface area contributed by atoms with Crippen molar-refractivity contribution in [1.29, 1.82) is 0 Å². The lowest BCUT2D eigenvalue weighted by molar-refractivity contribution is 0.103. The molecule has 2 N–H and O–H groups in total. The van der Waals surface area contributed by atoms with Crippen LogP contribution in [0.3, 0.4) is 0 Å². The number of carbonyl (C=O) groups excluding carboxylic acids is 1. The van der Waals surface area contributed by atoms with Gasteiger partial charge in [-0.1, -0.05) is 6.92 Å². The summed E-state index contributed by atoms with van der Waals surface area (Å²) in [6.45, 7) is 5.26. The molecule has 0 saturated carbocycles. The fourth-order valence-electron chi connectivity index (χ4n) is 3.05. The summed E-state index contributed by atoms with van der Waals surface area (Å²) < 4.78 is 22.2. The summed E-state index contributed by atoms with van der Waals surface area (Å²) >= 11 is 0. The van der Waals surface area contributed by atoms with Gasteiger partial charge in [0.25, 0.3) is 0 Å². The molecule has 6 nitrogen and oxygen atoms in total. The van der Waals surface area contributed by atoms with Crippen molar-refractivity contribution in [3.8, 4) is 23.0 Å². The Kier molecular flexibility index (Phi) is 6.09. The molecule has 0 bridgehead atoms. The lowest BCUT2D eigenvalue weighted by atomic mass is 9.98. The predicted molar refractivity (Wildman–Crippen MR) is 109 cm³/mol. The average Bonchev–Trinajstić information content (AvgIpc) is 2.72. The van der Waals surface area contributed by atoms with Gasteiger partial charge >= 0.3 is 0 Å². The monoisotopic (exact) mass is 383 g/mol. The first-order valence-corrected chi connectivity index (χ1v) is 9.32. The van der Waals surface area contributed by atoms with Gasteiger partial charge in [-0.05, 0) is 55.3 Å². The minimum atomic E-state index is -0.0719. The molecule has 3 rings (SSSR count). The van der Waals surface area contributed by atoms with Gasteiger partial charge in [-0.15, -0.1) is 0 Å². The Labute approximate surface area is 164 Å². The van der Waals surface area contributed by atoms with E-state index in [0.29, 0.717) is 66.1 Å². The topological polar surface area (TPSA) is 80.0 Å². The molecule has 0 aromatic heterocycles. The van der Waals surface area contributed by atoms with E-state index >= 15 is 0 Å². The van der Waals surface area contributed by atoms with Crippen LogP contribution >= 0.6 is 0 Å². The fraction of sp³-hybridized carbons (Fsp3) is 0.318. The SMILES string of the molecule is CCOc1cc(C(=O)/C(=C/c2cc(OC)c3c(c2)OCCO3)CC)ccc1N. The van der Waals surface area contributed by atoms with Crippen molar-refractivity contribution in [3.63, 3.8) is 0 Å². The largest absolute Gasteiger partial charge is 0.493 e. The quantitative estimate of drug-likeness (QED) is 0.440. The molecule has 1 aliphatic heterocycles. The van der Waals surface area contributed by atoms with Gasteiger partial charge in [0.15, 0.2) is 17.3 Å². The maximum Gasteiger partial charge on any atom is 0.203 e. The van der Waals surface area contributed by atoms with Crippen LogP contribution in [0.5, 0.6) is 23.0 Å². The first kappa shape index (κ1) is 19.6. The lowest BCUT2D eigenvalue weighted by Crippen LogP contribution is -2.16. The van der Waals surface area contributed by atoms with Gasteiger partial charge in [0.1, 0.15) is 19.0 Å². The van der Waals surface area contributed by atoms with Crippen molar-refractivity contribution in [2.24, 2.45) is 0 Å². The molecule has 2 aromatic carbocycles. The van der Waals surface area contributed by atoms with Crippen molar-refractivity contribution in [2.75, 3.05) is 32.7 Å². The summed E-state index contributed by atoms with van der Waals surface area (Å²) in [6.07, 6.45) is 2.42. The number of anilines is 1. The second-order valence-corrected chi connectivity index (χ2v) is 6.29. The Bertz CT molecular complexity index is 887. The number of nitrogen functional groups attached to an aromatic ring is 1. The van der Waals surface area contributed by atoms with Crippen molar-refractivity contribution >= 4 is 17.5 Å². The number of allylic oxidation sites excluding steroid dienone is 1. The van der Waals surface area contributed by atoms with Gasteiger partial charge in [0.05, 0.1) is 19.4 Å². The van der Waals surface area contributed by atoms with Gasteiger partial charge in [0.2, 0.25) is 5.75 Å². The average molecular weight is 383 g/mol. The molecule has 0 fully saturated rings. The Morgan fingerprint density at radius 2 is 1.93 bits per heavy atom. The van der Waals surface area contributed by atoms with Crippen LogP contribution in [0.4, 0.5) is 5.69 Å². The van der Waals surface area contributed by atoms with Gasteiger partial charge < -0.3 is 24.7 Å². The third kappa shape index (κ3) is 4.06. The minimum Gasteiger partial charge on any atom is -0.493 e. The number of ether oxygens (including phenoxy) is 4. The zero-order chi connectivity index (χ0) is 20.1. The number of Topliss-reactive ketones (excluding diaryl/α,β-unsaturated/α-hetero) is 1. The van der Waals surface area contributed by atoms with Crippen molar-refractivity contribution in [3.05, 3.63) is 47.0 Å². The molecule has 0 aliphatic carbocycles.